The van der Waals surface area contributed by atoms with Crippen molar-refractivity contribution >= 4 is 21.6 Å². The molecule has 1 rings (SSSR count). The van der Waals surface area contributed by atoms with Crippen molar-refractivity contribution < 1.29 is 8.42 Å². The first kappa shape index (κ1) is 16.3. The predicted molar refractivity (Wildman–Crippen MR) is 81.1 cm³/mol. The molecule has 18 heavy (non-hydrogen) atoms. The van der Waals surface area contributed by atoms with Crippen LogP contribution in [0.2, 0.25) is 0 Å². The van der Waals surface area contributed by atoms with Gasteiger partial charge in [0.2, 0.25) is 0 Å². The number of hydrogen-bond donors (Lipinski definition) is 0. The van der Waals surface area contributed by atoms with Crippen LogP contribution in [0.1, 0.15) is 39.0 Å². The summed E-state index contributed by atoms with van der Waals surface area (Å²) in [7, 11) is -0.814. The molecule has 0 saturated heterocycles. The molecule has 1 saturated carbocycles. The lowest BCUT2D eigenvalue weighted by molar-refractivity contribution is 0.195. The Morgan fingerprint density at radius 2 is 1.94 bits per heavy atom. The molecule has 0 unspecified atom stereocenters. The summed E-state index contributed by atoms with van der Waals surface area (Å²) in [5.41, 5.74) is 0. The lowest BCUT2D eigenvalue weighted by Crippen LogP contribution is -2.47. The van der Waals surface area contributed by atoms with E-state index in [2.05, 4.69) is 18.9 Å². The fourth-order valence-corrected chi connectivity index (χ4v) is 4.94. The Morgan fingerprint density at radius 3 is 2.56 bits per heavy atom. The summed E-state index contributed by atoms with van der Waals surface area (Å²) in [6.45, 7) is 3.19. The molecule has 0 heterocycles. The third kappa shape index (κ3) is 5.10. The fraction of sp³-hybridized carbons (Fsp3) is 1.00. The van der Waals surface area contributed by atoms with Gasteiger partial charge >= 0.3 is 0 Å². The molecule has 0 aromatic heterocycles. The van der Waals surface area contributed by atoms with Crippen LogP contribution in [0, 0.1) is 0 Å². The highest BCUT2D eigenvalue weighted by atomic mass is 32.2. The van der Waals surface area contributed by atoms with E-state index in [1.54, 1.807) is 0 Å². The van der Waals surface area contributed by atoms with E-state index >= 15 is 0 Å². The fourth-order valence-electron chi connectivity index (χ4n) is 2.81. The van der Waals surface area contributed by atoms with Gasteiger partial charge in [-0.3, -0.25) is 0 Å². The van der Waals surface area contributed by atoms with Crippen molar-refractivity contribution in [1.82, 2.24) is 4.90 Å². The quantitative estimate of drug-likeness (QED) is 0.676. The first-order chi connectivity index (χ1) is 8.46. The zero-order chi connectivity index (χ0) is 13.6. The second-order valence-corrected chi connectivity index (χ2v) is 8.91. The van der Waals surface area contributed by atoms with E-state index in [1.165, 1.54) is 24.2 Å². The van der Waals surface area contributed by atoms with E-state index in [0.29, 0.717) is 0 Å². The van der Waals surface area contributed by atoms with Crippen molar-refractivity contribution in [3.63, 3.8) is 0 Å². The molecule has 0 amide bonds. The predicted octanol–water partition coefficient (Wildman–Crippen LogP) is 2.42. The molecule has 1 fully saturated rings. The third-order valence-electron chi connectivity index (χ3n) is 3.79. The van der Waals surface area contributed by atoms with E-state index in [-0.39, 0.29) is 11.3 Å². The molecule has 0 radical (unpaired) electrons. The molecular weight excluding hydrogens is 266 g/mol. The molecule has 5 heteroatoms. The second kappa shape index (κ2) is 7.75. The monoisotopic (exact) mass is 293 g/mol. The molecular formula is C13H27NO2S2. The van der Waals surface area contributed by atoms with Crippen LogP contribution in [-0.2, 0) is 9.84 Å². The first-order valence-electron chi connectivity index (χ1n) is 6.93. The van der Waals surface area contributed by atoms with Crippen LogP contribution in [0.3, 0.4) is 0 Å². The highest BCUT2D eigenvalue weighted by Crippen LogP contribution is 2.27. The van der Waals surface area contributed by atoms with Crippen molar-refractivity contribution in [3.8, 4) is 0 Å². The molecule has 1 aliphatic carbocycles. The van der Waals surface area contributed by atoms with Crippen LogP contribution in [0.4, 0.5) is 0 Å². The van der Waals surface area contributed by atoms with Crippen LogP contribution in [0.25, 0.3) is 0 Å². The normalized spacial score (nSPS) is 25.6. The zero-order valence-corrected chi connectivity index (χ0v) is 13.5. The Labute approximate surface area is 117 Å². The minimum Gasteiger partial charge on any atom is -0.302 e. The van der Waals surface area contributed by atoms with E-state index in [1.807, 2.05) is 11.8 Å². The van der Waals surface area contributed by atoms with E-state index < -0.39 is 9.84 Å². The van der Waals surface area contributed by atoms with Crippen LogP contribution >= 0.6 is 11.8 Å². The van der Waals surface area contributed by atoms with Gasteiger partial charge in [0.1, 0.15) is 0 Å². The Hall–Kier alpha value is 0.260. The summed E-state index contributed by atoms with van der Waals surface area (Å²) in [5.74, 6) is 2.34. The first-order valence-corrected chi connectivity index (χ1v) is 10.0. The van der Waals surface area contributed by atoms with Crippen molar-refractivity contribution in [3.05, 3.63) is 0 Å². The summed E-state index contributed by atoms with van der Waals surface area (Å²) in [4.78, 5) is 2.28. The van der Waals surface area contributed by atoms with Crippen LogP contribution < -0.4 is 0 Å². The number of rotatable bonds is 7. The highest BCUT2D eigenvalue weighted by Gasteiger charge is 2.34. The van der Waals surface area contributed by atoms with Crippen molar-refractivity contribution in [2.24, 2.45) is 0 Å². The lowest BCUT2D eigenvalue weighted by atomic mass is 9.94. The highest BCUT2D eigenvalue weighted by molar-refractivity contribution is 7.99. The molecule has 3 nitrogen and oxygen atoms in total. The van der Waals surface area contributed by atoms with Crippen molar-refractivity contribution in [2.75, 3.05) is 31.4 Å². The van der Waals surface area contributed by atoms with Gasteiger partial charge in [-0.15, -0.1) is 0 Å². The summed E-state index contributed by atoms with van der Waals surface area (Å²) >= 11 is 1.96. The van der Waals surface area contributed by atoms with Gasteiger partial charge in [0.25, 0.3) is 0 Å². The van der Waals surface area contributed by atoms with Crippen LogP contribution in [-0.4, -0.2) is 56.0 Å². The Bertz CT molecular complexity index is 330. The molecule has 2 atom stereocenters. The topological polar surface area (TPSA) is 37.4 Å². The molecule has 0 N–H and O–H groups in total. The van der Waals surface area contributed by atoms with Crippen LogP contribution in [0.5, 0.6) is 0 Å². The molecule has 0 aromatic carbocycles. The Balaban J connectivity index is 2.50. The minimum atomic E-state index is -2.90. The smallest absolute Gasteiger partial charge is 0.151 e. The molecule has 108 valence electrons. The summed E-state index contributed by atoms with van der Waals surface area (Å²) < 4.78 is 23.7. The maximum Gasteiger partial charge on any atom is 0.151 e. The molecule has 0 spiro atoms. The minimum absolute atomic E-state index is 0.143. The van der Waals surface area contributed by atoms with E-state index in [4.69, 9.17) is 0 Å². The van der Waals surface area contributed by atoms with Gasteiger partial charge in [-0.1, -0.05) is 19.8 Å². The third-order valence-corrected chi connectivity index (χ3v) is 6.42. The van der Waals surface area contributed by atoms with E-state index in [0.717, 1.165) is 32.2 Å². The van der Waals surface area contributed by atoms with Gasteiger partial charge in [-0.05, 0) is 44.4 Å². The average Bonchev–Trinajstić information content (AvgIpc) is 2.33. The average molecular weight is 293 g/mol. The van der Waals surface area contributed by atoms with Gasteiger partial charge in [0.05, 0.1) is 5.25 Å². The molecule has 0 aromatic rings. The zero-order valence-electron chi connectivity index (χ0n) is 11.9. The second-order valence-electron chi connectivity index (χ2n) is 5.25. The van der Waals surface area contributed by atoms with Gasteiger partial charge in [0.15, 0.2) is 9.84 Å². The lowest BCUT2D eigenvalue weighted by Gasteiger charge is -2.37. The molecule has 0 aliphatic heterocycles. The number of hydrogen-bond acceptors (Lipinski definition) is 4. The standard InChI is InChI=1S/C13H27NO2S2/c1-4-17-11-7-10-14(2)12-8-5-6-9-13(12)18(3,15)16/h12-13H,4-11H2,1-3H3/t12-,13+/m0/s1. The summed E-state index contributed by atoms with van der Waals surface area (Å²) in [5, 5.41) is -0.143. The molecule has 1 aliphatic rings. The number of thioether (sulfide) groups is 1. The van der Waals surface area contributed by atoms with Gasteiger partial charge < -0.3 is 4.90 Å². The number of sulfone groups is 1. The maximum atomic E-state index is 11.8. The van der Waals surface area contributed by atoms with Gasteiger partial charge in [-0.25, -0.2) is 8.42 Å². The Morgan fingerprint density at radius 1 is 1.28 bits per heavy atom. The largest absolute Gasteiger partial charge is 0.302 e. The maximum absolute atomic E-state index is 11.8. The summed E-state index contributed by atoms with van der Waals surface area (Å²) in [6, 6.07) is 0.236. The number of nitrogens with zero attached hydrogens (tertiary/aromatic N) is 1. The van der Waals surface area contributed by atoms with Gasteiger partial charge in [0, 0.05) is 12.3 Å². The Kier molecular flexibility index (Phi) is 7.03. The van der Waals surface area contributed by atoms with Crippen LogP contribution in [0.15, 0.2) is 0 Å². The summed E-state index contributed by atoms with van der Waals surface area (Å²) in [6.07, 6.45) is 6.67. The molecule has 0 bridgehead atoms. The van der Waals surface area contributed by atoms with Crippen molar-refractivity contribution in [1.29, 1.82) is 0 Å². The SMILES string of the molecule is CCSCCCN(C)[C@H]1CCCC[C@H]1S(C)(=O)=O. The van der Waals surface area contributed by atoms with E-state index in [9.17, 15) is 8.42 Å². The van der Waals surface area contributed by atoms with Crippen molar-refractivity contribution in [2.45, 2.75) is 50.3 Å². The van der Waals surface area contributed by atoms with Gasteiger partial charge in [-0.2, -0.15) is 11.8 Å².